The zero-order valence-corrected chi connectivity index (χ0v) is 18.1. The fraction of sp³-hybridized carbons (Fsp3) is 0.500. The molecule has 1 aliphatic carbocycles. The van der Waals surface area contributed by atoms with Crippen LogP contribution < -0.4 is 10.6 Å². The highest BCUT2D eigenvalue weighted by atomic mass is 19.3. The lowest BCUT2D eigenvalue weighted by atomic mass is 10.1. The highest BCUT2D eigenvalue weighted by molar-refractivity contribution is 5.83. The second-order valence-electron chi connectivity index (χ2n) is 8.38. The molecule has 1 saturated carbocycles. The van der Waals surface area contributed by atoms with Gasteiger partial charge in [0.05, 0.1) is 30.0 Å². The van der Waals surface area contributed by atoms with Crippen LogP contribution in [0.1, 0.15) is 66.9 Å². The van der Waals surface area contributed by atoms with Gasteiger partial charge in [0, 0.05) is 17.6 Å². The summed E-state index contributed by atoms with van der Waals surface area (Å²) in [6.45, 7) is 3.60. The van der Waals surface area contributed by atoms with Crippen LogP contribution >= 0.6 is 0 Å². The third kappa shape index (κ3) is 5.09. The molecule has 1 atom stereocenters. The first-order valence-electron chi connectivity index (χ1n) is 10.6. The Balaban J connectivity index is 1.66. The average molecular weight is 468 g/mol. The predicted molar refractivity (Wildman–Crippen MR) is 110 cm³/mol. The molecule has 2 N–H and O–H groups in total. The summed E-state index contributed by atoms with van der Waals surface area (Å²) in [5.74, 6) is -1.65. The van der Waals surface area contributed by atoms with Crippen molar-refractivity contribution in [3.8, 4) is 0 Å². The molecule has 0 bridgehead atoms. The molecule has 1 saturated heterocycles. The Kier molecular flexibility index (Phi) is 6.53. The van der Waals surface area contributed by atoms with Gasteiger partial charge in [-0.2, -0.15) is 0 Å². The highest BCUT2D eigenvalue weighted by Crippen LogP contribution is 2.38. The lowest BCUT2D eigenvalue weighted by Gasteiger charge is -2.22. The monoisotopic (exact) mass is 468 g/mol. The van der Waals surface area contributed by atoms with E-state index in [1.807, 2.05) is 6.92 Å². The molecule has 2 fully saturated rings. The van der Waals surface area contributed by atoms with E-state index in [0.29, 0.717) is 0 Å². The molecular formula is C22H24F4N4O3. The molecule has 1 aromatic carbocycles. The standard InChI is InChI=1S/C22H24F4N4O3/c1-11-28-17(16(24)20(31)30-22(2)6-7-22)14(21-32-8-9-33-21)19(29-11)27-10-12-4-3-5-13(15(12)23)18(25)26/h3-5,16,18,21H,6-10H2,1-2H3,(H,30,31)(H,27,28,29). The van der Waals surface area contributed by atoms with Crippen LogP contribution in [-0.4, -0.2) is 34.6 Å². The number of nitrogens with one attached hydrogen (secondary N) is 2. The van der Waals surface area contributed by atoms with Crippen LogP contribution in [0.4, 0.5) is 23.4 Å². The molecule has 4 rings (SSSR count). The van der Waals surface area contributed by atoms with E-state index in [9.17, 15) is 18.0 Å². The first kappa shape index (κ1) is 23.4. The van der Waals surface area contributed by atoms with Crippen molar-refractivity contribution in [1.82, 2.24) is 15.3 Å². The molecule has 1 amide bonds. The molecule has 2 aliphatic rings. The van der Waals surface area contributed by atoms with Gasteiger partial charge in [0.2, 0.25) is 6.17 Å². The van der Waals surface area contributed by atoms with Crippen molar-refractivity contribution in [2.45, 2.75) is 57.7 Å². The van der Waals surface area contributed by atoms with Gasteiger partial charge in [-0.1, -0.05) is 18.2 Å². The van der Waals surface area contributed by atoms with Crippen LogP contribution in [0.2, 0.25) is 0 Å². The number of alkyl halides is 3. The number of benzene rings is 1. The Morgan fingerprint density at radius 2 is 1.91 bits per heavy atom. The molecule has 2 aromatic rings. The van der Waals surface area contributed by atoms with Crippen LogP contribution in [0.3, 0.4) is 0 Å². The Morgan fingerprint density at radius 3 is 2.55 bits per heavy atom. The minimum Gasteiger partial charge on any atom is -0.365 e. The minimum absolute atomic E-state index is 0.0268. The molecule has 33 heavy (non-hydrogen) atoms. The smallest absolute Gasteiger partial charge is 0.266 e. The van der Waals surface area contributed by atoms with Gasteiger partial charge in [-0.25, -0.2) is 27.5 Å². The zero-order valence-electron chi connectivity index (χ0n) is 18.1. The summed E-state index contributed by atoms with van der Waals surface area (Å²) in [5, 5.41) is 5.53. The van der Waals surface area contributed by atoms with Gasteiger partial charge in [0.15, 0.2) is 6.29 Å². The lowest BCUT2D eigenvalue weighted by Crippen LogP contribution is -2.37. The van der Waals surface area contributed by atoms with Crippen LogP contribution in [0.25, 0.3) is 0 Å². The second kappa shape index (κ2) is 9.22. The third-order valence-electron chi connectivity index (χ3n) is 5.63. The molecule has 11 heteroatoms. The number of amides is 1. The van der Waals surface area contributed by atoms with Gasteiger partial charge in [-0.15, -0.1) is 0 Å². The number of ether oxygens (including phenoxy) is 2. The Hall–Kier alpha value is -2.79. The summed E-state index contributed by atoms with van der Waals surface area (Å²) in [7, 11) is 0. The van der Waals surface area contributed by atoms with E-state index in [0.717, 1.165) is 18.9 Å². The van der Waals surface area contributed by atoms with Crippen LogP contribution in [0.15, 0.2) is 18.2 Å². The van der Waals surface area contributed by atoms with Gasteiger partial charge >= 0.3 is 0 Å². The van der Waals surface area contributed by atoms with Crippen molar-refractivity contribution in [2.75, 3.05) is 18.5 Å². The van der Waals surface area contributed by atoms with E-state index in [4.69, 9.17) is 9.47 Å². The number of nitrogens with zero attached hydrogens (tertiary/aromatic N) is 2. The molecule has 1 unspecified atom stereocenters. The topological polar surface area (TPSA) is 85.4 Å². The van der Waals surface area contributed by atoms with E-state index in [-0.39, 0.29) is 48.2 Å². The number of anilines is 1. The lowest BCUT2D eigenvalue weighted by molar-refractivity contribution is -0.127. The predicted octanol–water partition coefficient (Wildman–Crippen LogP) is 4.20. The fourth-order valence-electron chi connectivity index (χ4n) is 3.57. The van der Waals surface area contributed by atoms with Gasteiger partial charge in [-0.05, 0) is 26.7 Å². The van der Waals surface area contributed by atoms with Crippen molar-refractivity contribution < 1.29 is 31.8 Å². The molecule has 1 aliphatic heterocycles. The number of carbonyl (C=O) groups is 1. The summed E-state index contributed by atoms with van der Waals surface area (Å²) in [6, 6.07) is 3.69. The number of rotatable bonds is 8. The maximum Gasteiger partial charge on any atom is 0.266 e. The van der Waals surface area contributed by atoms with Crippen LogP contribution in [0.5, 0.6) is 0 Å². The third-order valence-corrected chi connectivity index (χ3v) is 5.63. The molecule has 0 radical (unpaired) electrons. The Morgan fingerprint density at radius 1 is 1.21 bits per heavy atom. The molecule has 0 spiro atoms. The maximum absolute atomic E-state index is 15.3. The Labute approximate surface area is 187 Å². The summed E-state index contributed by atoms with van der Waals surface area (Å²) >= 11 is 0. The van der Waals surface area contributed by atoms with Crippen molar-refractivity contribution in [1.29, 1.82) is 0 Å². The zero-order chi connectivity index (χ0) is 23.8. The first-order chi connectivity index (χ1) is 15.7. The second-order valence-corrected chi connectivity index (χ2v) is 8.38. The summed E-state index contributed by atoms with van der Waals surface area (Å²) in [5.41, 5.74) is -1.32. The fourth-order valence-corrected chi connectivity index (χ4v) is 3.57. The minimum atomic E-state index is -2.96. The first-order valence-corrected chi connectivity index (χ1v) is 10.6. The van der Waals surface area contributed by atoms with Gasteiger partial charge < -0.3 is 20.1 Å². The number of aromatic nitrogens is 2. The van der Waals surface area contributed by atoms with Crippen molar-refractivity contribution in [3.63, 3.8) is 0 Å². The normalized spacial score (nSPS) is 18.4. The highest BCUT2D eigenvalue weighted by Gasteiger charge is 2.42. The summed E-state index contributed by atoms with van der Waals surface area (Å²) < 4.78 is 66.9. The summed E-state index contributed by atoms with van der Waals surface area (Å²) in [4.78, 5) is 20.9. The Bertz CT molecular complexity index is 1040. The quantitative estimate of drug-likeness (QED) is 0.565. The molecule has 178 valence electrons. The number of hydrogen-bond acceptors (Lipinski definition) is 6. The molecular weight excluding hydrogens is 444 g/mol. The van der Waals surface area contributed by atoms with Gasteiger partial charge in [0.1, 0.15) is 17.5 Å². The molecule has 7 nitrogen and oxygen atoms in total. The van der Waals surface area contributed by atoms with Crippen LogP contribution in [0, 0.1) is 12.7 Å². The van der Waals surface area contributed by atoms with Crippen molar-refractivity contribution in [2.24, 2.45) is 0 Å². The SMILES string of the molecule is Cc1nc(NCc2cccc(C(F)F)c2F)c(C2OCCO2)c(C(F)C(=O)NC2(C)CC2)n1. The van der Waals surface area contributed by atoms with Crippen molar-refractivity contribution in [3.05, 3.63) is 52.2 Å². The number of carbonyl (C=O) groups excluding carboxylic acids is 1. The number of hydrogen-bond donors (Lipinski definition) is 2. The van der Waals surface area contributed by atoms with Gasteiger partial charge in [0.25, 0.3) is 12.3 Å². The number of aryl methyl sites for hydroxylation is 1. The molecule has 1 aromatic heterocycles. The van der Waals surface area contributed by atoms with Crippen LogP contribution in [-0.2, 0) is 20.8 Å². The van der Waals surface area contributed by atoms with E-state index in [1.165, 1.54) is 19.1 Å². The largest absolute Gasteiger partial charge is 0.365 e. The average Bonchev–Trinajstić information content (AvgIpc) is 3.25. The maximum atomic E-state index is 15.3. The van der Waals surface area contributed by atoms with E-state index < -0.39 is 41.7 Å². The van der Waals surface area contributed by atoms with E-state index in [2.05, 4.69) is 20.6 Å². The van der Waals surface area contributed by atoms with E-state index in [1.54, 1.807) is 0 Å². The van der Waals surface area contributed by atoms with Gasteiger partial charge in [-0.3, -0.25) is 4.79 Å². The molecule has 2 heterocycles. The summed E-state index contributed by atoms with van der Waals surface area (Å²) in [6.07, 6.45) is -4.61. The van der Waals surface area contributed by atoms with E-state index >= 15 is 4.39 Å². The van der Waals surface area contributed by atoms with Crippen molar-refractivity contribution >= 4 is 11.7 Å². The number of halogens is 4.